The maximum absolute atomic E-state index is 13.8. The number of carbonyl (C=O) groups is 1. The number of piperidine rings is 1. The smallest absolute Gasteiger partial charge is 0.256 e. The van der Waals surface area contributed by atoms with E-state index in [9.17, 15) is 4.79 Å². The predicted octanol–water partition coefficient (Wildman–Crippen LogP) is 5.75. The van der Waals surface area contributed by atoms with Crippen LogP contribution in [0.1, 0.15) is 48.3 Å². The highest BCUT2D eigenvalue weighted by molar-refractivity contribution is 9.10. The van der Waals surface area contributed by atoms with Gasteiger partial charge in [0.05, 0.1) is 17.1 Å². The zero-order chi connectivity index (χ0) is 22.2. The maximum Gasteiger partial charge on any atom is 0.256 e. The molecule has 1 saturated heterocycles. The largest absolute Gasteiger partial charge is 0.368 e. The zero-order valence-corrected chi connectivity index (χ0v) is 20.2. The molecule has 3 aromatic rings. The lowest BCUT2D eigenvalue weighted by atomic mass is 9.76. The number of fused-ring (bicyclic) bond motifs is 1. The van der Waals surface area contributed by atoms with Gasteiger partial charge in [0.25, 0.3) is 5.91 Å². The fourth-order valence-electron chi connectivity index (χ4n) is 4.48. The van der Waals surface area contributed by atoms with E-state index in [1.54, 1.807) is 6.20 Å². The minimum Gasteiger partial charge on any atom is -0.368 e. The minimum absolute atomic E-state index is 0.000785. The Bertz CT molecular complexity index is 1110. The molecule has 2 aromatic heterocycles. The monoisotopic (exact) mass is 480 g/mol. The molecular weight excluding hydrogens is 452 g/mol. The van der Waals surface area contributed by atoms with E-state index in [2.05, 4.69) is 53.1 Å². The number of benzene rings is 1. The standard InChI is InChI=1S/C25H29BrN4O/c1-16-13-18-7-5-8-20(23(18)29-17(16)2)24(31)30-12-6-11-25(3,4)21(30)15-28-22-10-9-19(26)14-27-22/h5,7-10,13-14,21H,6,11-12,15H2,1-4H3,(H,27,28). The van der Waals surface area contributed by atoms with Crippen LogP contribution in [0.2, 0.25) is 0 Å². The summed E-state index contributed by atoms with van der Waals surface area (Å²) >= 11 is 3.43. The third-order valence-corrected chi connectivity index (χ3v) is 6.95. The summed E-state index contributed by atoms with van der Waals surface area (Å²) in [5.41, 5.74) is 3.58. The molecule has 1 aliphatic heterocycles. The van der Waals surface area contributed by atoms with Crippen molar-refractivity contribution >= 4 is 38.6 Å². The van der Waals surface area contributed by atoms with Crippen LogP contribution in [-0.2, 0) is 0 Å². The summed E-state index contributed by atoms with van der Waals surface area (Å²) in [6.45, 7) is 9.97. The van der Waals surface area contributed by atoms with Crippen LogP contribution in [-0.4, -0.2) is 39.9 Å². The second-order valence-corrected chi connectivity index (χ2v) is 10.0. The first-order valence-electron chi connectivity index (χ1n) is 10.8. The van der Waals surface area contributed by atoms with Gasteiger partial charge >= 0.3 is 0 Å². The number of anilines is 1. The number of amides is 1. The van der Waals surface area contributed by atoms with Crippen molar-refractivity contribution in [1.82, 2.24) is 14.9 Å². The number of likely N-dealkylation sites (tertiary alicyclic amines) is 1. The summed E-state index contributed by atoms with van der Waals surface area (Å²) < 4.78 is 0.946. The van der Waals surface area contributed by atoms with Gasteiger partial charge in [-0.1, -0.05) is 26.0 Å². The third-order valence-electron chi connectivity index (χ3n) is 6.48. The predicted molar refractivity (Wildman–Crippen MR) is 129 cm³/mol. The number of halogens is 1. The number of pyridine rings is 2. The van der Waals surface area contributed by atoms with Gasteiger partial charge in [0.15, 0.2) is 0 Å². The molecule has 0 bridgehead atoms. The Morgan fingerprint density at radius 2 is 2.06 bits per heavy atom. The van der Waals surface area contributed by atoms with Crippen LogP contribution in [0.15, 0.2) is 47.1 Å². The molecular formula is C25H29BrN4O. The lowest BCUT2D eigenvalue weighted by Crippen LogP contribution is -2.55. The molecule has 6 heteroatoms. The number of carbonyl (C=O) groups excluding carboxylic acids is 1. The molecule has 4 rings (SSSR count). The molecule has 1 amide bonds. The maximum atomic E-state index is 13.8. The summed E-state index contributed by atoms with van der Waals surface area (Å²) in [6, 6.07) is 12.0. The first kappa shape index (κ1) is 21.8. The number of rotatable bonds is 4. The molecule has 1 aromatic carbocycles. The number of hydrogen-bond acceptors (Lipinski definition) is 4. The Morgan fingerprint density at radius 3 is 2.81 bits per heavy atom. The van der Waals surface area contributed by atoms with Crippen LogP contribution in [0.25, 0.3) is 10.9 Å². The second kappa shape index (κ2) is 8.58. The van der Waals surface area contributed by atoms with Crippen LogP contribution < -0.4 is 5.32 Å². The van der Waals surface area contributed by atoms with Crippen LogP contribution in [0.5, 0.6) is 0 Å². The van der Waals surface area contributed by atoms with Crippen LogP contribution in [0.4, 0.5) is 5.82 Å². The quantitative estimate of drug-likeness (QED) is 0.516. The molecule has 0 spiro atoms. The fourth-order valence-corrected chi connectivity index (χ4v) is 4.72. The van der Waals surface area contributed by atoms with E-state index in [1.807, 2.05) is 42.2 Å². The summed E-state index contributed by atoms with van der Waals surface area (Å²) in [5.74, 6) is 0.875. The molecule has 1 aliphatic rings. The van der Waals surface area contributed by atoms with Gasteiger partial charge in [0.1, 0.15) is 5.82 Å². The molecule has 5 nitrogen and oxygen atoms in total. The van der Waals surface area contributed by atoms with Crippen molar-refractivity contribution in [2.24, 2.45) is 5.41 Å². The van der Waals surface area contributed by atoms with Gasteiger partial charge in [0.2, 0.25) is 0 Å². The number of para-hydroxylation sites is 1. The van der Waals surface area contributed by atoms with E-state index in [4.69, 9.17) is 4.98 Å². The first-order chi connectivity index (χ1) is 14.8. The molecule has 0 radical (unpaired) electrons. The third kappa shape index (κ3) is 4.45. The highest BCUT2D eigenvalue weighted by atomic mass is 79.9. The van der Waals surface area contributed by atoms with Gasteiger partial charge in [-0.3, -0.25) is 9.78 Å². The van der Waals surface area contributed by atoms with Crippen LogP contribution in [0.3, 0.4) is 0 Å². The van der Waals surface area contributed by atoms with Gasteiger partial charge < -0.3 is 10.2 Å². The Hall–Kier alpha value is -2.47. The molecule has 1 N–H and O–H groups in total. The van der Waals surface area contributed by atoms with Crippen molar-refractivity contribution in [2.45, 2.75) is 46.6 Å². The van der Waals surface area contributed by atoms with Gasteiger partial charge in [0, 0.05) is 34.8 Å². The lowest BCUT2D eigenvalue weighted by molar-refractivity contribution is 0.0321. The topological polar surface area (TPSA) is 58.1 Å². The Kier molecular flexibility index (Phi) is 6.02. The van der Waals surface area contributed by atoms with Gasteiger partial charge in [-0.15, -0.1) is 0 Å². The molecule has 1 unspecified atom stereocenters. The van der Waals surface area contributed by atoms with Gasteiger partial charge in [-0.05, 0) is 77.9 Å². The molecule has 1 atom stereocenters. The molecule has 0 aliphatic carbocycles. The highest BCUT2D eigenvalue weighted by Crippen LogP contribution is 2.36. The van der Waals surface area contributed by atoms with E-state index < -0.39 is 0 Å². The van der Waals surface area contributed by atoms with E-state index in [0.29, 0.717) is 12.1 Å². The fraction of sp³-hybridized carbons (Fsp3) is 0.400. The average Bonchev–Trinajstić information content (AvgIpc) is 2.73. The van der Waals surface area contributed by atoms with Crippen LogP contribution in [0, 0.1) is 19.3 Å². The van der Waals surface area contributed by atoms with Crippen molar-refractivity contribution in [1.29, 1.82) is 0 Å². The average molecular weight is 481 g/mol. The lowest BCUT2D eigenvalue weighted by Gasteiger charge is -2.46. The van der Waals surface area contributed by atoms with Gasteiger partial charge in [-0.2, -0.15) is 0 Å². The number of nitrogens with zero attached hydrogens (tertiary/aromatic N) is 3. The molecule has 31 heavy (non-hydrogen) atoms. The SMILES string of the molecule is Cc1cc2cccc(C(=O)N3CCCC(C)(C)C3CNc3ccc(Br)cn3)c2nc1C. The number of hydrogen-bond donors (Lipinski definition) is 1. The molecule has 162 valence electrons. The van der Waals surface area contributed by atoms with Crippen molar-refractivity contribution in [3.63, 3.8) is 0 Å². The number of aryl methyl sites for hydroxylation is 2. The Balaban J connectivity index is 1.65. The summed E-state index contributed by atoms with van der Waals surface area (Å²) in [5, 5.41) is 4.46. The van der Waals surface area contributed by atoms with Crippen molar-refractivity contribution in [3.8, 4) is 0 Å². The zero-order valence-electron chi connectivity index (χ0n) is 18.6. The first-order valence-corrected chi connectivity index (χ1v) is 11.6. The van der Waals surface area contributed by atoms with E-state index in [-0.39, 0.29) is 17.4 Å². The minimum atomic E-state index is 0.000785. The Morgan fingerprint density at radius 1 is 1.26 bits per heavy atom. The second-order valence-electron chi connectivity index (χ2n) is 9.12. The van der Waals surface area contributed by atoms with E-state index in [0.717, 1.165) is 51.8 Å². The van der Waals surface area contributed by atoms with Crippen molar-refractivity contribution in [3.05, 3.63) is 63.9 Å². The molecule has 3 heterocycles. The number of aromatic nitrogens is 2. The van der Waals surface area contributed by atoms with Crippen molar-refractivity contribution < 1.29 is 4.79 Å². The summed E-state index contributed by atoms with van der Waals surface area (Å²) in [7, 11) is 0. The normalized spacial score (nSPS) is 18.2. The summed E-state index contributed by atoms with van der Waals surface area (Å²) in [6.07, 6.45) is 3.87. The van der Waals surface area contributed by atoms with Gasteiger partial charge in [-0.25, -0.2) is 4.98 Å². The van der Waals surface area contributed by atoms with Crippen LogP contribution >= 0.6 is 15.9 Å². The molecule has 0 saturated carbocycles. The van der Waals surface area contributed by atoms with E-state index >= 15 is 0 Å². The van der Waals surface area contributed by atoms with Crippen molar-refractivity contribution in [2.75, 3.05) is 18.4 Å². The summed E-state index contributed by atoms with van der Waals surface area (Å²) in [4.78, 5) is 25.0. The number of nitrogens with one attached hydrogen (secondary N) is 1. The Labute approximate surface area is 192 Å². The highest BCUT2D eigenvalue weighted by Gasteiger charge is 2.40. The van der Waals surface area contributed by atoms with E-state index in [1.165, 1.54) is 0 Å². The molecule has 1 fully saturated rings.